The average Bonchev–Trinajstić information content (AvgIpc) is 3.64. The summed E-state index contributed by atoms with van der Waals surface area (Å²) in [7, 11) is 6.08. The first kappa shape index (κ1) is 29.9. The fourth-order valence-corrected chi connectivity index (χ4v) is 5.96. The number of rotatable bonds is 15. The number of carbonyl (C=O) groups is 2. The third kappa shape index (κ3) is 7.34. The second-order valence-electron chi connectivity index (χ2n) is 11.3. The number of aromatic nitrogens is 2. The minimum Gasteiger partial charge on any atom is -0.481 e. The molecule has 2 aliphatic heterocycles. The van der Waals surface area contributed by atoms with Crippen molar-refractivity contribution in [3.63, 3.8) is 0 Å². The maximum Gasteiger partial charge on any atom is 0.308 e. The number of amides is 1. The predicted octanol–water partition coefficient (Wildman–Crippen LogP) is 3.22. The maximum atomic E-state index is 13.7. The van der Waals surface area contributed by atoms with Gasteiger partial charge in [-0.05, 0) is 64.0 Å². The van der Waals surface area contributed by atoms with Crippen LogP contribution in [0.15, 0.2) is 30.6 Å². The Labute approximate surface area is 237 Å². The zero-order valence-corrected chi connectivity index (χ0v) is 24.4. The molecule has 10 heteroatoms. The number of carboxylic acid groups (broad SMARTS) is 1. The quantitative estimate of drug-likeness (QED) is 0.335. The molecule has 220 valence electrons. The summed E-state index contributed by atoms with van der Waals surface area (Å²) in [6.45, 7) is 5.47. The van der Waals surface area contributed by atoms with Crippen molar-refractivity contribution >= 4 is 11.9 Å². The van der Waals surface area contributed by atoms with Gasteiger partial charge in [0, 0.05) is 57.5 Å². The molecule has 0 saturated carbocycles. The van der Waals surface area contributed by atoms with Gasteiger partial charge in [-0.25, -0.2) is 4.98 Å². The van der Waals surface area contributed by atoms with E-state index < -0.39 is 11.9 Å². The molecule has 3 atom stereocenters. The largest absolute Gasteiger partial charge is 0.481 e. The molecule has 1 unspecified atom stereocenters. The molecule has 1 amide bonds. The number of aryl methyl sites for hydroxylation is 2. The zero-order chi connectivity index (χ0) is 28.6. The van der Waals surface area contributed by atoms with Crippen LogP contribution in [0, 0.1) is 5.92 Å². The Morgan fingerprint density at radius 3 is 2.55 bits per heavy atom. The molecule has 3 heterocycles. The SMILES string of the molecule is CCCCN(CCCCN(C)C)C(=O)CN1C[C@H](c2ccc3c(c2)OCO3)C(C(=O)O)[C@@H]1CCc1nccn1C. The zero-order valence-electron chi connectivity index (χ0n) is 24.4. The molecule has 1 aromatic heterocycles. The smallest absolute Gasteiger partial charge is 0.308 e. The summed E-state index contributed by atoms with van der Waals surface area (Å²) in [5, 5.41) is 10.5. The number of hydrogen-bond donors (Lipinski definition) is 1. The van der Waals surface area contributed by atoms with Gasteiger partial charge in [0.25, 0.3) is 0 Å². The Kier molecular flexibility index (Phi) is 10.4. The van der Waals surface area contributed by atoms with Crippen molar-refractivity contribution in [2.75, 3.05) is 53.6 Å². The number of fused-ring (bicyclic) bond motifs is 1. The van der Waals surface area contributed by atoms with Crippen LogP contribution in [0.5, 0.6) is 11.5 Å². The number of unbranched alkanes of at least 4 members (excludes halogenated alkanes) is 2. The van der Waals surface area contributed by atoms with Gasteiger partial charge in [-0.1, -0.05) is 19.4 Å². The highest BCUT2D eigenvalue weighted by Gasteiger charge is 2.47. The summed E-state index contributed by atoms with van der Waals surface area (Å²) in [4.78, 5) is 37.2. The standard InChI is InChI=1S/C30H45N5O5/c1-5-6-15-34(16-8-7-14-32(2)3)28(36)20-35-19-23(22-9-11-25-26(18-22)40-21-39-25)29(30(37)38)24(35)10-12-27-31-13-17-33(27)4/h9,11,13,17-18,23-24,29H,5-8,10,12,14-16,19-21H2,1-4H3,(H,37,38)/t23-,24+,29?/m1/s1. The van der Waals surface area contributed by atoms with E-state index in [1.54, 1.807) is 6.20 Å². The Morgan fingerprint density at radius 1 is 1.10 bits per heavy atom. The second-order valence-corrected chi connectivity index (χ2v) is 11.3. The molecule has 0 radical (unpaired) electrons. The van der Waals surface area contributed by atoms with Gasteiger partial charge in [0.1, 0.15) is 5.82 Å². The van der Waals surface area contributed by atoms with E-state index in [1.165, 1.54) is 0 Å². The third-order valence-corrected chi connectivity index (χ3v) is 8.20. The summed E-state index contributed by atoms with van der Waals surface area (Å²) < 4.78 is 13.0. The lowest BCUT2D eigenvalue weighted by Gasteiger charge is -2.30. The lowest BCUT2D eigenvalue weighted by atomic mass is 9.83. The summed E-state index contributed by atoms with van der Waals surface area (Å²) >= 11 is 0. The van der Waals surface area contributed by atoms with Crippen molar-refractivity contribution in [1.82, 2.24) is 24.3 Å². The highest BCUT2D eigenvalue weighted by molar-refractivity contribution is 5.79. The third-order valence-electron chi connectivity index (χ3n) is 8.20. The number of nitrogens with zero attached hydrogens (tertiary/aromatic N) is 5. The van der Waals surface area contributed by atoms with Crippen molar-refractivity contribution in [2.45, 2.75) is 57.4 Å². The molecule has 1 aromatic carbocycles. The van der Waals surface area contributed by atoms with Gasteiger partial charge in [-0.15, -0.1) is 0 Å². The molecular weight excluding hydrogens is 510 g/mol. The number of benzene rings is 1. The van der Waals surface area contributed by atoms with E-state index in [2.05, 4.69) is 35.8 Å². The van der Waals surface area contributed by atoms with Gasteiger partial charge in [-0.3, -0.25) is 14.5 Å². The van der Waals surface area contributed by atoms with Crippen LogP contribution in [0.3, 0.4) is 0 Å². The van der Waals surface area contributed by atoms with Crippen LogP contribution < -0.4 is 9.47 Å². The molecule has 0 spiro atoms. The lowest BCUT2D eigenvalue weighted by Crippen LogP contribution is -2.45. The number of likely N-dealkylation sites (tertiary alicyclic amines) is 1. The minimum absolute atomic E-state index is 0.0794. The van der Waals surface area contributed by atoms with Crippen LogP contribution in [-0.4, -0.2) is 101 Å². The number of aliphatic carboxylic acids is 1. The van der Waals surface area contributed by atoms with E-state index >= 15 is 0 Å². The van der Waals surface area contributed by atoms with Crippen molar-refractivity contribution in [1.29, 1.82) is 0 Å². The highest BCUT2D eigenvalue weighted by Crippen LogP contribution is 2.43. The van der Waals surface area contributed by atoms with E-state index in [4.69, 9.17) is 9.47 Å². The molecule has 40 heavy (non-hydrogen) atoms. The molecule has 1 fully saturated rings. The Hall–Kier alpha value is -3.11. The Morgan fingerprint density at radius 2 is 1.85 bits per heavy atom. The molecule has 1 saturated heterocycles. The Bertz CT molecular complexity index is 1140. The summed E-state index contributed by atoms with van der Waals surface area (Å²) in [5.74, 6) is 0.544. The van der Waals surface area contributed by atoms with Gasteiger partial charge >= 0.3 is 5.97 Å². The normalized spacial score (nSPS) is 20.4. The number of ether oxygens (including phenoxy) is 2. The number of carboxylic acids is 1. The van der Waals surface area contributed by atoms with E-state index in [9.17, 15) is 14.7 Å². The van der Waals surface area contributed by atoms with Crippen molar-refractivity contribution in [2.24, 2.45) is 13.0 Å². The van der Waals surface area contributed by atoms with Gasteiger partial charge < -0.3 is 28.9 Å². The van der Waals surface area contributed by atoms with Crippen LogP contribution in [-0.2, 0) is 23.1 Å². The number of hydrogen-bond acceptors (Lipinski definition) is 7. The van der Waals surface area contributed by atoms with Crippen LogP contribution in [0.1, 0.15) is 56.3 Å². The van der Waals surface area contributed by atoms with Gasteiger partial charge in [-0.2, -0.15) is 0 Å². The van der Waals surface area contributed by atoms with Crippen LogP contribution in [0.25, 0.3) is 0 Å². The summed E-state index contributed by atoms with van der Waals surface area (Å²) in [6, 6.07) is 5.40. The molecule has 4 rings (SSSR count). The van der Waals surface area contributed by atoms with E-state index in [0.29, 0.717) is 30.9 Å². The Balaban J connectivity index is 1.55. The van der Waals surface area contributed by atoms with Gasteiger partial charge in [0.05, 0.1) is 12.5 Å². The van der Waals surface area contributed by atoms with E-state index in [0.717, 1.165) is 56.7 Å². The first-order valence-corrected chi connectivity index (χ1v) is 14.5. The van der Waals surface area contributed by atoms with E-state index in [-0.39, 0.29) is 31.2 Å². The minimum atomic E-state index is -0.839. The monoisotopic (exact) mass is 555 g/mol. The van der Waals surface area contributed by atoms with Crippen LogP contribution >= 0.6 is 0 Å². The first-order chi connectivity index (χ1) is 19.3. The van der Waals surface area contributed by atoms with Crippen molar-refractivity contribution in [3.05, 3.63) is 42.0 Å². The van der Waals surface area contributed by atoms with Crippen LogP contribution in [0.2, 0.25) is 0 Å². The van der Waals surface area contributed by atoms with Crippen LogP contribution in [0.4, 0.5) is 0 Å². The fraction of sp³-hybridized carbons (Fsp3) is 0.633. The molecule has 0 bridgehead atoms. The molecule has 2 aliphatic rings. The molecule has 0 aliphatic carbocycles. The molecule has 10 nitrogen and oxygen atoms in total. The van der Waals surface area contributed by atoms with Gasteiger partial charge in [0.2, 0.25) is 12.7 Å². The second kappa shape index (κ2) is 14.0. The van der Waals surface area contributed by atoms with Crippen molar-refractivity contribution in [3.8, 4) is 11.5 Å². The molecular formula is C30H45N5O5. The number of carbonyl (C=O) groups excluding carboxylic acids is 1. The fourth-order valence-electron chi connectivity index (χ4n) is 5.96. The summed E-state index contributed by atoms with van der Waals surface area (Å²) in [5.41, 5.74) is 0.903. The van der Waals surface area contributed by atoms with Gasteiger partial charge in [0.15, 0.2) is 11.5 Å². The number of imidazole rings is 1. The van der Waals surface area contributed by atoms with E-state index in [1.807, 2.05) is 40.9 Å². The first-order valence-electron chi connectivity index (χ1n) is 14.5. The average molecular weight is 556 g/mol. The molecule has 2 aromatic rings. The summed E-state index contributed by atoms with van der Waals surface area (Å²) in [6.07, 6.45) is 8.87. The highest BCUT2D eigenvalue weighted by atomic mass is 16.7. The topological polar surface area (TPSA) is 100 Å². The maximum absolute atomic E-state index is 13.7. The lowest BCUT2D eigenvalue weighted by molar-refractivity contribution is -0.143. The molecule has 1 N–H and O–H groups in total. The predicted molar refractivity (Wildman–Crippen MR) is 153 cm³/mol. The van der Waals surface area contributed by atoms with Crippen molar-refractivity contribution < 1.29 is 24.2 Å².